The number of hydrogen-bond donors (Lipinski definition) is 0. The fourth-order valence-electron chi connectivity index (χ4n) is 9.65. The standard InChI is InChI=1S/C53H43NS2/c1-52(2,3)33-22-25-38-39-26-23-35(31-49(39)56-48(38)29-33)54(34-24-27-44-42(30-34)37-15-8-10-18-43(37)53(44,4)5)45-28-21-32-13-6-7-14-36(32)50(45)41-17-12-20-47-51(41)40-16-9-11-19-46(40)55-47/h6-19,21-31,47H,20H2,1-5H3. The van der Waals surface area contributed by atoms with Gasteiger partial charge in [-0.1, -0.05) is 144 Å². The van der Waals surface area contributed by atoms with E-state index in [0.29, 0.717) is 5.25 Å². The first kappa shape index (κ1) is 33.9. The molecule has 8 aromatic rings. The summed E-state index contributed by atoms with van der Waals surface area (Å²) in [5, 5.41) is 5.59. The molecule has 3 aliphatic rings. The van der Waals surface area contributed by atoms with Crippen molar-refractivity contribution < 1.29 is 0 Å². The molecule has 272 valence electrons. The molecule has 0 spiro atoms. The summed E-state index contributed by atoms with van der Waals surface area (Å²) in [5.74, 6) is 0. The molecule has 1 atom stereocenters. The van der Waals surface area contributed by atoms with E-state index in [1.165, 1.54) is 103 Å². The van der Waals surface area contributed by atoms with Gasteiger partial charge in [0.2, 0.25) is 0 Å². The maximum absolute atomic E-state index is 2.55. The van der Waals surface area contributed by atoms with Crippen LogP contribution in [0.3, 0.4) is 0 Å². The molecule has 2 aliphatic carbocycles. The summed E-state index contributed by atoms with van der Waals surface area (Å²) < 4.78 is 2.66. The lowest BCUT2D eigenvalue weighted by molar-refractivity contribution is 0.591. The average molecular weight is 758 g/mol. The Kier molecular flexibility index (Phi) is 7.47. The lowest BCUT2D eigenvalue weighted by Gasteiger charge is -2.31. The molecular formula is C53H43NS2. The highest BCUT2D eigenvalue weighted by Crippen LogP contribution is 2.55. The van der Waals surface area contributed by atoms with Gasteiger partial charge in [-0.2, -0.15) is 0 Å². The van der Waals surface area contributed by atoms with Crippen molar-refractivity contribution in [1.29, 1.82) is 0 Å². The number of rotatable bonds is 4. The summed E-state index contributed by atoms with van der Waals surface area (Å²) in [7, 11) is 0. The quantitative estimate of drug-likeness (QED) is 0.176. The second-order valence-electron chi connectivity index (χ2n) is 17.2. The van der Waals surface area contributed by atoms with Crippen molar-refractivity contribution in [3.8, 4) is 11.1 Å². The van der Waals surface area contributed by atoms with Crippen LogP contribution in [0.4, 0.5) is 17.1 Å². The van der Waals surface area contributed by atoms with E-state index in [1.54, 1.807) is 0 Å². The van der Waals surface area contributed by atoms with E-state index in [1.807, 2.05) is 23.1 Å². The van der Waals surface area contributed by atoms with Gasteiger partial charge >= 0.3 is 0 Å². The average Bonchev–Trinajstić information content (AvgIpc) is 3.85. The van der Waals surface area contributed by atoms with Gasteiger partial charge in [-0.05, 0) is 110 Å². The Labute approximate surface area is 338 Å². The molecule has 1 aromatic heterocycles. The molecule has 1 nitrogen and oxygen atoms in total. The first-order valence-corrected chi connectivity index (χ1v) is 21.5. The summed E-state index contributed by atoms with van der Waals surface area (Å²) in [4.78, 5) is 3.94. The van der Waals surface area contributed by atoms with Crippen molar-refractivity contribution in [3.05, 3.63) is 179 Å². The molecule has 0 saturated heterocycles. The van der Waals surface area contributed by atoms with Crippen LogP contribution in [0.15, 0.2) is 157 Å². The molecule has 1 aliphatic heterocycles. The minimum Gasteiger partial charge on any atom is -0.310 e. The highest BCUT2D eigenvalue weighted by atomic mass is 32.2. The van der Waals surface area contributed by atoms with Gasteiger partial charge in [0.25, 0.3) is 0 Å². The fourth-order valence-corrected chi connectivity index (χ4v) is 12.2. The van der Waals surface area contributed by atoms with Crippen LogP contribution in [0.5, 0.6) is 0 Å². The molecule has 0 amide bonds. The maximum atomic E-state index is 2.55. The van der Waals surface area contributed by atoms with Crippen molar-refractivity contribution in [2.75, 3.05) is 4.90 Å². The lowest BCUT2D eigenvalue weighted by Crippen LogP contribution is -2.16. The van der Waals surface area contributed by atoms with Crippen molar-refractivity contribution in [2.45, 2.75) is 62.0 Å². The second kappa shape index (κ2) is 12.3. The Morgan fingerprint density at radius 1 is 0.625 bits per heavy atom. The number of anilines is 3. The monoisotopic (exact) mass is 757 g/mol. The number of allylic oxidation sites excluding steroid dienone is 3. The Hall–Kier alpha value is -5.35. The van der Waals surface area contributed by atoms with Gasteiger partial charge in [0.1, 0.15) is 0 Å². The van der Waals surface area contributed by atoms with Crippen LogP contribution in [-0.4, -0.2) is 5.25 Å². The van der Waals surface area contributed by atoms with Gasteiger partial charge in [-0.3, -0.25) is 0 Å². The summed E-state index contributed by atoms with van der Waals surface area (Å²) in [6.07, 6.45) is 5.87. The van der Waals surface area contributed by atoms with Gasteiger partial charge in [-0.25, -0.2) is 0 Å². The van der Waals surface area contributed by atoms with E-state index in [4.69, 9.17) is 0 Å². The van der Waals surface area contributed by atoms with E-state index < -0.39 is 0 Å². The molecule has 0 saturated carbocycles. The van der Waals surface area contributed by atoms with Crippen LogP contribution in [0.1, 0.15) is 68.9 Å². The van der Waals surface area contributed by atoms with E-state index in [0.717, 1.165) is 6.42 Å². The van der Waals surface area contributed by atoms with Crippen LogP contribution < -0.4 is 4.90 Å². The van der Waals surface area contributed by atoms with Crippen molar-refractivity contribution in [3.63, 3.8) is 0 Å². The molecular weight excluding hydrogens is 715 g/mol. The van der Waals surface area contributed by atoms with Crippen molar-refractivity contribution in [2.24, 2.45) is 0 Å². The van der Waals surface area contributed by atoms with E-state index in [-0.39, 0.29) is 10.8 Å². The van der Waals surface area contributed by atoms with E-state index >= 15 is 0 Å². The minimum atomic E-state index is -0.0623. The van der Waals surface area contributed by atoms with Gasteiger partial charge in [0.05, 0.1) is 5.69 Å². The molecule has 56 heavy (non-hydrogen) atoms. The molecule has 0 fully saturated rings. The SMILES string of the molecule is CC(C)(C)c1ccc2c(c1)sc1cc(N(c3ccc4c(c3)-c3ccccc3C4(C)C)c3ccc4ccccc4c3C3=C4c5ccccc5SC4CC=C3)ccc12. The van der Waals surface area contributed by atoms with Crippen LogP contribution in [0.2, 0.25) is 0 Å². The van der Waals surface area contributed by atoms with E-state index in [2.05, 4.69) is 191 Å². The lowest BCUT2D eigenvalue weighted by atomic mass is 9.82. The molecule has 2 heterocycles. The summed E-state index contributed by atoms with van der Waals surface area (Å²) in [6, 6.07) is 53.1. The van der Waals surface area contributed by atoms with Crippen LogP contribution in [0.25, 0.3) is 53.2 Å². The molecule has 0 bridgehead atoms. The highest BCUT2D eigenvalue weighted by molar-refractivity contribution is 8.00. The zero-order valence-electron chi connectivity index (χ0n) is 32.5. The van der Waals surface area contributed by atoms with Crippen molar-refractivity contribution in [1.82, 2.24) is 0 Å². The normalized spacial score (nSPS) is 16.7. The largest absolute Gasteiger partial charge is 0.310 e. The number of thioether (sulfide) groups is 1. The highest BCUT2D eigenvalue weighted by Gasteiger charge is 2.37. The van der Waals surface area contributed by atoms with E-state index in [9.17, 15) is 0 Å². The molecule has 0 radical (unpaired) electrons. The fraction of sp³-hybridized carbons (Fsp3) is 0.170. The Balaban J connectivity index is 1.20. The predicted molar refractivity (Wildman–Crippen MR) is 244 cm³/mol. The van der Waals surface area contributed by atoms with Crippen molar-refractivity contribution >= 4 is 82.3 Å². The molecule has 3 heteroatoms. The zero-order valence-corrected chi connectivity index (χ0v) is 34.1. The number of thiophene rings is 1. The Morgan fingerprint density at radius 3 is 2.18 bits per heavy atom. The minimum absolute atomic E-state index is 0.0623. The number of hydrogen-bond acceptors (Lipinski definition) is 3. The second-order valence-corrected chi connectivity index (χ2v) is 19.6. The van der Waals surface area contributed by atoms with Gasteiger partial charge in [0.15, 0.2) is 0 Å². The zero-order chi connectivity index (χ0) is 37.9. The first-order chi connectivity index (χ1) is 27.1. The topological polar surface area (TPSA) is 3.24 Å². The molecule has 11 rings (SSSR count). The summed E-state index contributed by atoms with van der Waals surface area (Å²) in [6.45, 7) is 11.6. The number of fused-ring (bicyclic) bond motifs is 10. The summed E-state index contributed by atoms with van der Waals surface area (Å²) in [5.41, 5.74) is 15.9. The van der Waals surface area contributed by atoms with Gasteiger partial charge in [-0.15, -0.1) is 23.1 Å². The number of benzene rings is 7. The Bertz CT molecular complexity index is 3000. The van der Waals surface area contributed by atoms with Gasteiger partial charge < -0.3 is 4.90 Å². The maximum Gasteiger partial charge on any atom is 0.0546 e. The Morgan fingerprint density at radius 2 is 1.32 bits per heavy atom. The van der Waals surface area contributed by atoms with Crippen LogP contribution in [-0.2, 0) is 10.8 Å². The smallest absolute Gasteiger partial charge is 0.0546 e. The van der Waals surface area contributed by atoms with Crippen LogP contribution >= 0.6 is 23.1 Å². The predicted octanol–water partition coefficient (Wildman–Crippen LogP) is 15.6. The summed E-state index contributed by atoms with van der Waals surface area (Å²) >= 11 is 3.94. The van der Waals surface area contributed by atoms with Crippen LogP contribution in [0, 0.1) is 0 Å². The number of nitrogens with zero attached hydrogens (tertiary/aromatic N) is 1. The molecule has 1 unspecified atom stereocenters. The third-order valence-corrected chi connectivity index (χ3v) is 15.0. The van der Waals surface area contributed by atoms with Gasteiger partial charge in [0, 0.05) is 52.7 Å². The third-order valence-electron chi connectivity index (χ3n) is 12.5. The molecule has 0 N–H and O–H groups in total. The third kappa shape index (κ3) is 5.07. The first-order valence-electron chi connectivity index (χ1n) is 19.9. The molecule has 7 aromatic carbocycles.